The summed E-state index contributed by atoms with van der Waals surface area (Å²) < 4.78 is 5.40. The molecule has 16 heavy (non-hydrogen) atoms. The van der Waals surface area contributed by atoms with Crippen LogP contribution in [-0.2, 0) is 4.79 Å². The fourth-order valence-electron chi connectivity index (χ4n) is 1.95. The third-order valence-corrected chi connectivity index (χ3v) is 2.87. The first kappa shape index (κ1) is 10.9. The Bertz CT molecular complexity index is 392. The van der Waals surface area contributed by atoms with Crippen LogP contribution in [0, 0.1) is 6.92 Å². The number of hydrogen-bond donors (Lipinski definition) is 0. The average Bonchev–Trinajstić information content (AvgIpc) is 2.75. The predicted molar refractivity (Wildman–Crippen MR) is 57.8 cm³/mol. The van der Waals surface area contributed by atoms with Gasteiger partial charge >= 0.3 is 0 Å². The van der Waals surface area contributed by atoms with E-state index >= 15 is 0 Å². The molecule has 2 rings (SSSR count). The molecule has 1 aromatic heterocycles. The Morgan fingerprint density at radius 1 is 1.50 bits per heavy atom. The molecule has 1 aliphatic rings. The van der Waals surface area contributed by atoms with E-state index in [1.807, 2.05) is 0 Å². The van der Waals surface area contributed by atoms with Crippen LogP contribution in [-0.4, -0.2) is 34.1 Å². The molecule has 1 fully saturated rings. The van der Waals surface area contributed by atoms with Crippen LogP contribution in [0.15, 0.2) is 17.1 Å². The molecule has 0 unspecified atom stereocenters. The van der Waals surface area contributed by atoms with Crippen molar-refractivity contribution in [1.82, 2.24) is 15.1 Å². The van der Waals surface area contributed by atoms with Crippen LogP contribution in [0.5, 0.6) is 0 Å². The molecule has 0 bridgehead atoms. The summed E-state index contributed by atoms with van der Waals surface area (Å²) in [5, 5.41) is 7.84. The van der Waals surface area contributed by atoms with Crippen molar-refractivity contribution in [2.45, 2.75) is 25.7 Å². The van der Waals surface area contributed by atoms with E-state index in [9.17, 15) is 4.79 Å². The Hall–Kier alpha value is -1.65. The second-order valence-corrected chi connectivity index (χ2v) is 3.96. The van der Waals surface area contributed by atoms with E-state index in [1.165, 1.54) is 6.08 Å². The summed E-state index contributed by atoms with van der Waals surface area (Å²) in [6.45, 7) is 6.74. The van der Waals surface area contributed by atoms with E-state index in [0.29, 0.717) is 11.8 Å². The molecular formula is C11H15N3O2. The summed E-state index contributed by atoms with van der Waals surface area (Å²) in [6, 6.07) is 0. The second kappa shape index (κ2) is 4.47. The highest BCUT2D eigenvalue weighted by molar-refractivity contribution is 5.87. The lowest BCUT2D eigenvalue weighted by Gasteiger charge is -2.29. The van der Waals surface area contributed by atoms with Crippen LogP contribution in [0.3, 0.4) is 0 Å². The van der Waals surface area contributed by atoms with Crippen LogP contribution >= 0.6 is 0 Å². The summed E-state index contributed by atoms with van der Waals surface area (Å²) in [4.78, 5) is 13.2. The molecule has 1 saturated heterocycles. The van der Waals surface area contributed by atoms with Gasteiger partial charge in [0.2, 0.25) is 17.7 Å². The van der Waals surface area contributed by atoms with Crippen LogP contribution in [0.25, 0.3) is 0 Å². The molecule has 1 aromatic rings. The molecule has 1 amide bonds. The van der Waals surface area contributed by atoms with Gasteiger partial charge in [0.05, 0.1) is 0 Å². The fraction of sp³-hybridized carbons (Fsp3) is 0.545. The van der Waals surface area contributed by atoms with Crippen molar-refractivity contribution < 1.29 is 9.21 Å². The Labute approximate surface area is 94.1 Å². The number of rotatable bonds is 2. The second-order valence-electron chi connectivity index (χ2n) is 3.96. The van der Waals surface area contributed by atoms with Crippen molar-refractivity contribution >= 4 is 5.91 Å². The maximum Gasteiger partial charge on any atom is 0.245 e. The van der Waals surface area contributed by atoms with E-state index in [1.54, 1.807) is 11.8 Å². The number of hydrogen-bond acceptors (Lipinski definition) is 4. The molecule has 5 nitrogen and oxygen atoms in total. The molecular weight excluding hydrogens is 206 g/mol. The van der Waals surface area contributed by atoms with Crippen molar-refractivity contribution in [1.29, 1.82) is 0 Å². The van der Waals surface area contributed by atoms with Gasteiger partial charge < -0.3 is 9.32 Å². The van der Waals surface area contributed by atoms with Crippen LogP contribution < -0.4 is 0 Å². The maximum absolute atomic E-state index is 11.4. The molecule has 0 spiro atoms. The normalized spacial score (nSPS) is 17.4. The number of amides is 1. The molecule has 0 saturated carbocycles. The third-order valence-electron chi connectivity index (χ3n) is 2.87. The van der Waals surface area contributed by atoms with Gasteiger partial charge in [-0.2, -0.15) is 0 Å². The number of aryl methyl sites for hydroxylation is 1. The SMILES string of the molecule is C=CC(=O)N1CCC(c2nnc(C)o2)CC1. The number of carbonyl (C=O) groups excluding carboxylic acids is 1. The summed E-state index contributed by atoms with van der Waals surface area (Å²) in [5.74, 6) is 1.58. The van der Waals surface area contributed by atoms with Gasteiger partial charge in [-0.05, 0) is 18.9 Å². The van der Waals surface area contributed by atoms with Gasteiger partial charge in [-0.3, -0.25) is 4.79 Å². The zero-order valence-electron chi connectivity index (χ0n) is 9.35. The highest BCUT2D eigenvalue weighted by Gasteiger charge is 2.25. The van der Waals surface area contributed by atoms with Gasteiger partial charge in [0.1, 0.15) is 0 Å². The first-order chi connectivity index (χ1) is 7.70. The smallest absolute Gasteiger partial charge is 0.245 e. The molecule has 0 aromatic carbocycles. The fourth-order valence-corrected chi connectivity index (χ4v) is 1.95. The van der Waals surface area contributed by atoms with Crippen molar-refractivity contribution in [2.75, 3.05) is 13.1 Å². The van der Waals surface area contributed by atoms with E-state index in [2.05, 4.69) is 16.8 Å². The standard InChI is InChI=1S/C11H15N3O2/c1-3-10(15)14-6-4-9(5-7-14)11-13-12-8(2)16-11/h3,9H,1,4-7H2,2H3. The number of likely N-dealkylation sites (tertiary alicyclic amines) is 1. The number of nitrogens with zero attached hydrogens (tertiary/aromatic N) is 3. The Balaban J connectivity index is 1.95. The van der Waals surface area contributed by atoms with Crippen LogP contribution in [0.2, 0.25) is 0 Å². The molecule has 0 aliphatic carbocycles. The minimum Gasteiger partial charge on any atom is -0.425 e. The van der Waals surface area contributed by atoms with Gasteiger partial charge in [0.25, 0.3) is 0 Å². The number of aromatic nitrogens is 2. The van der Waals surface area contributed by atoms with Crippen molar-refractivity contribution in [2.24, 2.45) is 0 Å². The lowest BCUT2D eigenvalue weighted by Crippen LogP contribution is -2.36. The van der Waals surface area contributed by atoms with Crippen molar-refractivity contribution in [3.8, 4) is 0 Å². The maximum atomic E-state index is 11.4. The topological polar surface area (TPSA) is 59.2 Å². The highest BCUT2D eigenvalue weighted by atomic mass is 16.4. The summed E-state index contributed by atoms with van der Waals surface area (Å²) in [5.41, 5.74) is 0. The van der Waals surface area contributed by atoms with Crippen LogP contribution in [0.1, 0.15) is 30.5 Å². The van der Waals surface area contributed by atoms with E-state index in [-0.39, 0.29) is 11.8 Å². The first-order valence-corrected chi connectivity index (χ1v) is 5.42. The number of piperidine rings is 1. The van der Waals surface area contributed by atoms with E-state index in [4.69, 9.17) is 4.42 Å². The van der Waals surface area contributed by atoms with E-state index in [0.717, 1.165) is 25.9 Å². The van der Waals surface area contributed by atoms with Crippen LogP contribution in [0.4, 0.5) is 0 Å². The molecule has 0 atom stereocenters. The van der Waals surface area contributed by atoms with Gasteiger partial charge in [-0.25, -0.2) is 0 Å². The molecule has 0 N–H and O–H groups in total. The zero-order chi connectivity index (χ0) is 11.5. The minimum absolute atomic E-state index is 0.000148. The minimum atomic E-state index is 0.000148. The average molecular weight is 221 g/mol. The Kier molecular flexibility index (Phi) is 3.03. The van der Waals surface area contributed by atoms with Crippen molar-refractivity contribution in [3.05, 3.63) is 24.4 Å². The van der Waals surface area contributed by atoms with E-state index < -0.39 is 0 Å². The third kappa shape index (κ3) is 2.13. The summed E-state index contributed by atoms with van der Waals surface area (Å²) in [6.07, 6.45) is 3.11. The van der Waals surface area contributed by atoms with Gasteiger partial charge in [0, 0.05) is 25.9 Å². The first-order valence-electron chi connectivity index (χ1n) is 5.42. The number of carbonyl (C=O) groups is 1. The Morgan fingerprint density at radius 3 is 2.69 bits per heavy atom. The molecule has 5 heteroatoms. The highest BCUT2D eigenvalue weighted by Crippen LogP contribution is 2.26. The summed E-state index contributed by atoms with van der Waals surface area (Å²) >= 11 is 0. The predicted octanol–water partition coefficient (Wildman–Crippen LogP) is 1.27. The summed E-state index contributed by atoms with van der Waals surface area (Å²) in [7, 11) is 0. The molecule has 86 valence electrons. The lowest BCUT2D eigenvalue weighted by atomic mass is 9.97. The quantitative estimate of drug-likeness (QED) is 0.706. The molecule has 2 heterocycles. The monoisotopic (exact) mass is 221 g/mol. The van der Waals surface area contributed by atoms with Gasteiger partial charge in [-0.15, -0.1) is 10.2 Å². The largest absolute Gasteiger partial charge is 0.425 e. The lowest BCUT2D eigenvalue weighted by molar-refractivity contribution is -0.127. The zero-order valence-corrected chi connectivity index (χ0v) is 9.35. The molecule has 1 aliphatic heterocycles. The van der Waals surface area contributed by atoms with Gasteiger partial charge in [-0.1, -0.05) is 6.58 Å². The Morgan fingerprint density at radius 2 is 2.19 bits per heavy atom. The molecule has 0 radical (unpaired) electrons. The van der Waals surface area contributed by atoms with Gasteiger partial charge in [0.15, 0.2) is 0 Å². The van der Waals surface area contributed by atoms with Crippen molar-refractivity contribution in [3.63, 3.8) is 0 Å².